The molecule has 0 spiro atoms. The van der Waals surface area contributed by atoms with Crippen LogP contribution in [0.1, 0.15) is 24.8 Å². The summed E-state index contributed by atoms with van der Waals surface area (Å²) in [5.74, 6) is -1.80. The van der Waals surface area contributed by atoms with Gasteiger partial charge in [-0.15, -0.1) is 0 Å². The lowest BCUT2D eigenvalue weighted by Gasteiger charge is -2.23. The van der Waals surface area contributed by atoms with Crippen LogP contribution in [-0.2, 0) is 30.5 Å². The molecular formula is C17H18N2O6. The van der Waals surface area contributed by atoms with Crippen molar-refractivity contribution in [1.82, 2.24) is 10.2 Å². The molecule has 2 heterocycles. The molecule has 2 aliphatic rings. The smallest absolute Gasteiger partial charge is 0.410 e. The highest BCUT2D eigenvalue weighted by Crippen LogP contribution is 2.21. The molecule has 8 heteroatoms. The standard InChI is InChI=1S/C17H18N2O6/c20-14-9-13(15(21)18-14)25-16(22)12-7-4-8-19(12)17(23)24-10-11-5-2-1-3-6-11/h1-3,5-6,12-13H,4,7-10H2,(H,18,20,21)/t12-,13+/m1/s1. The molecule has 8 nitrogen and oxygen atoms in total. The molecule has 0 unspecified atom stereocenters. The molecule has 25 heavy (non-hydrogen) atoms. The molecule has 1 aromatic rings. The number of nitrogens with one attached hydrogen (secondary N) is 1. The van der Waals surface area contributed by atoms with Gasteiger partial charge in [0, 0.05) is 6.54 Å². The average molecular weight is 346 g/mol. The lowest BCUT2D eigenvalue weighted by atomic mass is 10.2. The third-order valence-electron chi connectivity index (χ3n) is 4.15. The Hall–Kier alpha value is -2.90. The molecule has 0 aliphatic carbocycles. The van der Waals surface area contributed by atoms with Crippen molar-refractivity contribution in [3.63, 3.8) is 0 Å². The van der Waals surface area contributed by atoms with E-state index in [0.717, 1.165) is 5.56 Å². The minimum absolute atomic E-state index is 0.109. The van der Waals surface area contributed by atoms with Crippen molar-refractivity contribution >= 4 is 23.9 Å². The first-order chi connectivity index (χ1) is 12.0. The Bertz CT molecular complexity index is 690. The third kappa shape index (κ3) is 3.96. The van der Waals surface area contributed by atoms with E-state index in [0.29, 0.717) is 19.4 Å². The van der Waals surface area contributed by atoms with Crippen molar-refractivity contribution in [3.05, 3.63) is 35.9 Å². The predicted octanol–water partition coefficient (Wildman–Crippen LogP) is 0.746. The number of benzene rings is 1. The summed E-state index contributed by atoms with van der Waals surface area (Å²) in [6.07, 6.45) is -0.842. The molecule has 2 aliphatic heterocycles. The zero-order chi connectivity index (χ0) is 17.8. The van der Waals surface area contributed by atoms with Crippen LogP contribution in [0.25, 0.3) is 0 Å². The Morgan fingerprint density at radius 2 is 1.96 bits per heavy atom. The van der Waals surface area contributed by atoms with Crippen LogP contribution in [0.15, 0.2) is 30.3 Å². The number of likely N-dealkylation sites (tertiary alicyclic amines) is 1. The third-order valence-corrected chi connectivity index (χ3v) is 4.15. The first-order valence-electron chi connectivity index (χ1n) is 8.06. The van der Waals surface area contributed by atoms with Crippen molar-refractivity contribution in [3.8, 4) is 0 Å². The summed E-state index contributed by atoms with van der Waals surface area (Å²) >= 11 is 0. The molecule has 1 N–H and O–H groups in total. The zero-order valence-electron chi connectivity index (χ0n) is 13.5. The molecule has 2 fully saturated rings. The average Bonchev–Trinajstić information content (AvgIpc) is 3.20. The van der Waals surface area contributed by atoms with Gasteiger partial charge in [0.15, 0.2) is 6.10 Å². The fraction of sp³-hybridized carbons (Fsp3) is 0.412. The number of hydrogen-bond acceptors (Lipinski definition) is 6. The van der Waals surface area contributed by atoms with Gasteiger partial charge in [-0.1, -0.05) is 30.3 Å². The number of rotatable bonds is 4. The molecule has 2 atom stereocenters. The minimum atomic E-state index is -1.12. The summed E-state index contributed by atoms with van der Waals surface area (Å²) < 4.78 is 10.3. The Labute approximate surface area is 144 Å². The van der Waals surface area contributed by atoms with Gasteiger partial charge in [-0.05, 0) is 18.4 Å². The fourth-order valence-electron chi connectivity index (χ4n) is 2.88. The van der Waals surface area contributed by atoms with Gasteiger partial charge in [0.1, 0.15) is 12.6 Å². The van der Waals surface area contributed by atoms with Gasteiger partial charge in [-0.25, -0.2) is 9.59 Å². The summed E-state index contributed by atoms with van der Waals surface area (Å²) in [5.41, 5.74) is 0.843. The molecule has 0 aromatic heterocycles. The van der Waals surface area contributed by atoms with Gasteiger partial charge in [-0.3, -0.25) is 19.8 Å². The summed E-state index contributed by atoms with van der Waals surface area (Å²) in [6.45, 7) is 0.487. The number of imide groups is 1. The van der Waals surface area contributed by atoms with Gasteiger partial charge in [-0.2, -0.15) is 0 Å². The highest BCUT2D eigenvalue weighted by atomic mass is 16.6. The molecule has 3 amide bonds. The van der Waals surface area contributed by atoms with Crippen LogP contribution in [0.2, 0.25) is 0 Å². The number of amides is 3. The molecular weight excluding hydrogens is 328 g/mol. The normalized spacial score (nSPS) is 22.6. The molecule has 1 aromatic carbocycles. The van der Waals surface area contributed by atoms with Gasteiger partial charge in [0.2, 0.25) is 5.91 Å². The molecule has 132 valence electrons. The second-order valence-electron chi connectivity index (χ2n) is 5.93. The van der Waals surface area contributed by atoms with Crippen molar-refractivity contribution in [2.24, 2.45) is 0 Å². The monoisotopic (exact) mass is 346 g/mol. The largest absolute Gasteiger partial charge is 0.450 e. The Kier molecular flexibility index (Phi) is 4.97. The molecule has 0 radical (unpaired) electrons. The molecule has 3 rings (SSSR count). The number of hydrogen-bond donors (Lipinski definition) is 1. The topological polar surface area (TPSA) is 102 Å². The van der Waals surface area contributed by atoms with E-state index in [4.69, 9.17) is 9.47 Å². The predicted molar refractivity (Wildman–Crippen MR) is 84.0 cm³/mol. The maximum absolute atomic E-state index is 12.3. The highest BCUT2D eigenvalue weighted by molar-refractivity contribution is 6.05. The molecule has 2 saturated heterocycles. The van der Waals surface area contributed by atoms with Gasteiger partial charge in [0.05, 0.1) is 6.42 Å². The van der Waals surface area contributed by atoms with Crippen molar-refractivity contribution in [2.75, 3.05) is 6.54 Å². The van der Waals surface area contributed by atoms with Crippen LogP contribution in [0, 0.1) is 0 Å². The van der Waals surface area contributed by atoms with Crippen LogP contribution in [0.4, 0.5) is 4.79 Å². The van der Waals surface area contributed by atoms with E-state index in [1.54, 1.807) is 0 Å². The lowest BCUT2D eigenvalue weighted by Crippen LogP contribution is -2.43. The quantitative estimate of drug-likeness (QED) is 0.637. The molecule has 0 bridgehead atoms. The van der Waals surface area contributed by atoms with Gasteiger partial charge < -0.3 is 9.47 Å². The highest BCUT2D eigenvalue weighted by Gasteiger charge is 2.40. The Morgan fingerprint density at radius 3 is 2.64 bits per heavy atom. The summed E-state index contributed by atoms with van der Waals surface area (Å²) in [6, 6.07) is 8.41. The Balaban J connectivity index is 1.56. The first kappa shape index (κ1) is 16.9. The van der Waals surface area contributed by atoms with Crippen LogP contribution in [-0.4, -0.2) is 47.5 Å². The number of nitrogens with zero attached hydrogens (tertiary/aromatic N) is 1. The number of esters is 1. The van der Waals surface area contributed by atoms with E-state index >= 15 is 0 Å². The van der Waals surface area contributed by atoms with E-state index < -0.39 is 36.0 Å². The van der Waals surface area contributed by atoms with Gasteiger partial charge in [0.25, 0.3) is 5.91 Å². The minimum Gasteiger partial charge on any atom is -0.450 e. The van der Waals surface area contributed by atoms with Crippen molar-refractivity contribution in [1.29, 1.82) is 0 Å². The number of carbonyl (C=O) groups is 4. The maximum Gasteiger partial charge on any atom is 0.410 e. The van der Waals surface area contributed by atoms with Crippen LogP contribution >= 0.6 is 0 Å². The lowest BCUT2D eigenvalue weighted by molar-refractivity contribution is -0.158. The van der Waals surface area contributed by atoms with Crippen molar-refractivity contribution in [2.45, 2.75) is 38.0 Å². The second kappa shape index (κ2) is 7.33. The van der Waals surface area contributed by atoms with E-state index in [9.17, 15) is 19.2 Å². The summed E-state index contributed by atoms with van der Waals surface area (Å²) in [5, 5.41) is 2.07. The zero-order valence-corrected chi connectivity index (χ0v) is 13.5. The number of ether oxygens (including phenoxy) is 2. The van der Waals surface area contributed by atoms with Crippen LogP contribution in [0.5, 0.6) is 0 Å². The SMILES string of the molecule is O=C1C[C@H](OC(=O)[C@H]2CCCN2C(=O)OCc2ccccc2)C(=O)N1. The van der Waals surface area contributed by atoms with Gasteiger partial charge >= 0.3 is 12.1 Å². The Morgan fingerprint density at radius 1 is 1.20 bits per heavy atom. The van der Waals surface area contributed by atoms with Crippen LogP contribution < -0.4 is 5.32 Å². The maximum atomic E-state index is 12.3. The van der Waals surface area contributed by atoms with Crippen molar-refractivity contribution < 1.29 is 28.7 Å². The van der Waals surface area contributed by atoms with E-state index in [-0.39, 0.29) is 13.0 Å². The number of carbonyl (C=O) groups excluding carboxylic acids is 4. The van der Waals surface area contributed by atoms with E-state index in [1.807, 2.05) is 30.3 Å². The summed E-state index contributed by atoms with van der Waals surface area (Å²) in [4.78, 5) is 48.5. The first-order valence-corrected chi connectivity index (χ1v) is 8.06. The fourth-order valence-corrected chi connectivity index (χ4v) is 2.88. The summed E-state index contributed by atoms with van der Waals surface area (Å²) in [7, 11) is 0. The molecule has 0 saturated carbocycles. The van der Waals surface area contributed by atoms with E-state index in [2.05, 4.69) is 5.32 Å². The second-order valence-corrected chi connectivity index (χ2v) is 5.93. The van der Waals surface area contributed by atoms with Crippen LogP contribution in [0.3, 0.4) is 0 Å². The van der Waals surface area contributed by atoms with E-state index in [1.165, 1.54) is 4.90 Å².